The van der Waals surface area contributed by atoms with E-state index in [9.17, 15) is 0 Å². The van der Waals surface area contributed by atoms with Crippen molar-refractivity contribution in [2.45, 2.75) is 19.3 Å². The third-order valence-corrected chi connectivity index (χ3v) is 12.7. The molecule has 0 atom stereocenters. The lowest BCUT2D eigenvalue weighted by Gasteiger charge is -2.27. The van der Waals surface area contributed by atoms with Crippen LogP contribution < -0.4 is 4.90 Å². The third kappa shape index (κ3) is 5.15. The summed E-state index contributed by atoms with van der Waals surface area (Å²) in [5.41, 5.74) is 18.6. The van der Waals surface area contributed by atoms with Gasteiger partial charge in [-0.25, -0.2) is 0 Å². The molecule has 1 aliphatic rings. The van der Waals surface area contributed by atoms with Crippen LogP contribution in [0, 0.1) is 0 Å². The van der Waals surface area contributed by atoms with Gasteiger partial charge in [-0.2, -0.15) is 0 Å². The second-order valence-electron chi connectivity index (χ2n) is 16.4. The summed E-state index contributed by atoms with van der Waals surface area (Å²) in [6.07, 6.45) is 0. The number of fused-ring (bicyclic) bond motifs is 9. The molecule has 3 heteroatoms. The SMILES string of the molecule is CC1(C)c2ccccc2-c2cc3c(oc4c(-c5ccccc5)cccc43)c(-c3ccc(N(c4ccc(-c5ccccc5)cc4)c4cccc5oc6ccccc6c45)cc3)c21. The van der Waals surface area contributed by atoms with E-state index in [0.29, 0.717) is 0 Å². The third-order valence-electron chi connectivity index (χ3n) is 12.7. The standard InChI is InChI=1S/C57H39NO2/c1-57(2)48-23-11-9-19-43(48)46-35-47-44-22-13-21-42(38-17-7-4-8-18-38)55(44)60-56(47)52(54(46)57)39-29-33-41(34-30-39)58(40-31-27-37(28-32-40)36-15-5-3-6-16-36)49-24-14-26-51-53(49)45-20-10-12-25-50(45)59-51/h3-35H,1-2H3. The van der Waals surface area contributed by atoms with Crippen molar-refractivity contribution in [1.29, 1.82) is 0 Å². The molecular formula is C57H39NO2. The maximum absolute atomic E-state index is 7.16. The topological polar surface area (TPSA) is 29.5 Å². The first-order valence-electron chi connectivity index (χ1n) is 20.7. The summed E-state index contributed by atoms with van der Waals surface area (Å²) < 4.78 is 13.6. The summed E-state index contributed by atoms with van der Waals surface area (Å²) in [4.78, 5) is 2.36. The molecule has 2 aromatic heterocycles. The zero-order valence-electron chi connectivity index (χ0n) is 33.3. The van der Waals surface area contributed by atoms with Crippen LogP contribution in [0.2, 0.25) is 0 Å². The summed E-state index contributed by atoms with van der Waals surface area (Å²) >= 11 is 0. The number of benzene rings is 9. The van der Waals surface area contributed by atoms with Gasteiger partial charge in [0.25, 0.3) is 0 Å². The molecule has 0 amide bonds. The minimum atomic E-state index is -0.250. The molecule has 3 nitrogen and oxygen atoms in total. The minimum absolute atomic E-state index is 0.250. The zero-order chi connectivity index (χ0) is 40.0. The highest BCUT2D eigenvalue weighted by Gasteiger charge is 2.39. The molecule has 9 aromatic carbocycles. The molecule has 11 aromatic rings. The fraction of sp³-hybridized carbons (Fsp3) is 0.0526. The van der Waals surface area contributed by atoms with Gasteiger partial charge in [0.2, 0.25) is 0 Å². The van der Waals surface area contributed by atoms with Gasteiger partial charge in [0, 0.05) is 44.1 Å². The lowest BCUT2D eigenvalue weighted by atomic mass is 9.78. The Hall–Kier alpha value is -7.62. The first kappa shape index (κ1) is 34.4. The fourth-order valence-corrected chi connectivity index (χ4v) is 9.89. The first-order chi connectivity index (χ1) is 29.5. The highest BCUT2D eigenvalue weighted by Crippen LogP contribution is 2.56. The largest absolute Gasteiger partial charge is 0.456 e. The average molecular weight is 770 g/mol. The maximum Gasteiger partial charge on any atom is 0.143 e. The number of hydrogen-bond donors (Lipinski definition) is 0. The molecule has 1 aliphatic carbocycles. The van der Waals surface area contributed by atoms with E-state index in [4.69, 9.17) is 8.83 Å². The van der Waals surface area contributed by atoms with Gasteiger partial charge in [-0.15, -0.1) is 0 Å². The van der Waals surface area contributed by atoms with Crippen molar-refractivity contribution in [1.82, 2.24) is 0 Å². The van der Waals surface area contributed by atoms with E-state index in [2.05, 4.69) is 207 Å². The molecule has 0 saturated heterocycles. The molecule has 0 saturated carbocycles. The summed E-state index contributed by atoms with van der Waals surface area (Å²) in [5.74, 6) is 0. The van der Waals surface area contributed by atoms with Crippen molar-refractivity contribution in [2.24, 2.45) is 0 Å². The fourth-order valence-electron chi connectivity index (χ4n) is 9.89. The van der Waals surface area contributed by atoms with E-state index < -0.39 is 0 Å². The quantitative estimate of drug-likeness (QED) is 0.169. The molecule has 284 valence electrons. The second kappa shape index (κ2) is 13.2. The van der Waals surface area contributed by atoms with E-state index in [0.717, 1.165) is 83.2 Å². The molecule has 0 unspecified atom stereocenters. The Labute approximate surface area is 348 Å². The van der Waals surface area contributed by atoms with Crippen LogP contribution in [0.3, 0.4) is 0 Å². The molecule has 0 bridgehead atoms. The molecule has 0 fully saturated rings. The number of nitrogens with zero attached hydrogens (tertiary/aromatic N) is 1. The van der Waals surface area contributed by atoms with E-state index in [1.165, 1.54) is 33.4 Å². The summed E-state index contributed by atoms with van der Waals surface area (Å²) in [7, 11) is 0. The molecule has 0 N–H and O–H groups in total. The van der Waals surface area contributed by atoms with Crippen molar-refractivity contribution in [3.05, 3.63) is 211 Å². The Kier molecular flexibility index (Phi) is 7.58. The van der Waals surface area contributed by atoms with Crippen LogP contribution in [0.4, 0.5) is 17.1 Å². The van der Waals surface area contributed by atoms with Crippen LogP contribution in [-0.2, 0) is 5.41 Å². The second-order valence-corrected chi connectivity index (χ2v) is 16.4. The lowest BCUT2D eigenvalue weighted by Crippen LogP contribution is -2.16. The number of rotatable bonds is 6. The number of para-hydroxylation sites is 2. The van der Waals surface area contributed by atoms with Gasteiger partial charge in [0.15, 0.2) is 0 Å². The van der Waals surface area contributed by atoms with Crippen molar-refractivity contribution in [2.75, 3.05) is 4.90 Å². The predicted octanol–water partition coefficient (Wildman–Crippen LogP) is 16.3. The van der Waals surface area contributed by atoms with Gasteiger partial charge in [0.05, 0.1) is 11.1 Å². The van der Waals surface area contributed by atoms with Crippen molar-refractivity contribution < 1.29 is 8.83 Å². The molecule has 0 aliphatic heterocycles. The summed E-state index contributed by atoms with van der Waals surface area (Å²) in [5, 5.41) is 4.43. The lowest BCUT2D eigenvalue weighted by molar-refractivity contribution is 0.650. The van der Waals surface area contributed by atoms with Crippen LogP contribution >= 0.6 is 0 Å². The van der Waals surface area contributed by atoms with Crippen molar-refractivity contribution >= 4 is 60.9 Å². The van der Waals surface area contributed by atoms with Gasteiger partial charge in [0.1, 0.15) is 22.3 Å². The van der Waals surface area contributed by atoms with Gasteiger partial charge < -0.3 is 13.7 Å². The van der Waals surface area contributed by atoms with E-state index in [-0.39, 0.29) is 5.41 Å². The van der Waals surface area contributed by atoms with Crippen LogP contribution in [0.15, 0.2) is 209 Å². The Bertz CT molecular complexity index is 3430. The Morgan fingerprint density at radius 1 is 0.400 bits per heavy atom. The number of furan rings is 2. The number of anilines is 3. The van der Waals surface area contributed by atoms with Crippen LogP contribution in [0.25, 0.3) is 88.4 Å². The molecule has 0 spiro atoms. The molecule has 0 radical (unpaired) electrons. The summed E-state index contributed by atoms with van der Waals surface area (Å²) in [6, 6.07) is 71.6. The molecule has 60 heavy (non-hydrogen) atoms. The zero-order valence-corrected chi connectivity index (χ0v) is 33.3. The van der Waals surface area contributed by atoms with E-state index in [1.54, 1.807) is 0 Å². The van der Waals surface area contributed by atoms with Crippen molar-refractivity contribution in [3.63, 3.8) is 0 Å². The predicted molar refractivity (Wildman–Crippen MR) is 250 cm³/mol. The van der Waals surface area contributed by atoms with Gasteiger partial charge >= 0.3 is 0 Å². The van der Waals surface area contributed by atoms with Gasteiger partial charge in [-0.1, -0.05) is 166 Å². The van der Waals surface area contributed by atoms with Gasteiger partial charge in [-0.05, 0) is 93.0 Å². The summed E-state index contributed by atoms with van der Waals surface area (Å²) in [6.45, 7) is 4.71. The van der Waals surface area contributed by atoms with Crippen molar-refractivity contribution in [3.8, 4) is 44.5 Å². The smallest absolute Gasteiger partial charge is 0.143 e. The number of hydrogen-bond acceptors (Lipinski definition) is 3. The molecule has 2 heterocycles. The van der Waals surface area contributed by atoms with Crippen LogP contribution in [0.5, 0.6) is 0 Å². The normalized spacial score (nSPS) is 13.0. The Morgan fingerprint density at radius 3 is 1.75 bits per heavy atom. The minimum Gasteiger partial charge on any atom is -0.456 e. The molecule has 12 rings (SSSR count). The highest BCUT2D eigenvalue weighted by molar-refractivity contribution is 6.17. The first-order valence-corrected chi connectivity index (χ1v) is 20.7. The molecular weight excluding hydrogens is 731 g/mol. The Balaban J connectivity index is 1.08. The Morgan fingerprint density at radius 2 is 0.983 bits per heavy atom. The van der Waals surface area contributed by atoms with Crippen LogP contribution in [0.1, 0.15) is 25.0 Å². The average Bonchev–Trinajstić information content (AvgIpc) is 3.95. The van der Waals surface area contributed by atoms with Gasteiger partial charge in [-0.3, -0.25) is 0 Å². The van der Waals surface area contributed by atoms with Crippen LogP contribution in [-0.4, -0.2) is 0 Å². The van der Waals surface area contributed by atoms with E-state index >= 15 is 0 Å². The highest BCUT2D eigenvalue weighted by atomic mass is 16.3. The maximum atomic E-state index is 7.16. The monoisotopic (exact) mass is 769 g/mol. The van der Waals surface area contributed by atoms with E-state index in [1.807, 2.05) is 12.1 Å².